The van der Waals surface area contributed by atoms with Crippen LogP contribution in [0.1, 0.15) is 52.9 Å². The lowest BCUT2D eigenvalue weighted by molar-refractivity contribution is -0.171. The summed E-state index contributed by atoms with van der Waals surface area (Å²) in [5, 5.41) is 0. The van der Waals surface area contributed by atoms with Gasteiger partial charge in [0.15, 0.2) is 0 Å². The summed E-state index contributed by atoms with van der Waals surface area (Å²) in [4.78, 5) is 36.6. The van der Waals surface area contributed by atoms with Crippen LogP contribution >= 0.6 is 0 Å². The van der Waals surface area contributed by atoms with Gasteiger partial charge in [0.2, 0.25) is 0 Å². The van der Waals surface area contributed by atoms with Crippen molar-refractivity contribution in [2.24, 2.45) is 5.41 Å². The third-order valence-corrected chi connectivity index (χ3v) is 4.93. The van der Waals surface area contributed by atoms with E-state index in [1.165, 1.54) is 13.8 Å². The molecule has 1 N–H and O–H groups in total. The van der Waals surface area contributed by atoms with Gasteiger partial charge in [-0.2, -0.15) is 8.42 Å². The summed E-state index contributed by atoms with van der Waals surface area (Å²) in [5.74, 6) is -2.56. The van der Waals surface area contributed by atoms with Gasteiger partial charge in [-0.25, -0.2) is 9.59 Å². The second-order valence-corrected chi connectivity index (χ2v) is 8.80. The summed E-state index contributed by atoms with van der Waals surface area (Å²) in [6.07, 6.45) is 1.84. The van der Waals surface area contributed by atoms with Crippen LogP contribution in [0, 0.1) is 5.41 Å². The summed E-state index contributed by atoms with van der Waals surface area (Å²) in [6.45, 7) is 11.0. The molecule has 0 aromatic carbocycles. The maximum Gasteiger partial charge on any atom is 0.333 e. The quantitative estimate of drug-likeness (QED) is 0.132. The third kappa shape index (κ3) is 11.1. The highest BCUT2D eigenvalue weighted by molar-refractivity contribution is 7.85. The highest BCUT2D eigenvalue weighted by atomic mass is 32.2. The molecule has 0 bridgehead atoms. The van der Waals surface area contributed by atoms with E-state index >= 15 is 0 Å². The zero-order valence-electron chi connectivity index (χ0n) is 17.9. The van der Waals surface area contributed by atoms with Gasteiger partial charge in [-0.1, -0.05) is 32.9 Å². The Labute approximate surface area is 178 Å². The van der Waals surface area contributed by atoms with Crippen LogP contribution < -0.4 is 0 Å². The molecule has 0 saturated heterocycles. The minimum Gasteiger partial charge on any atom is -0.465 e. The largest absolute Gasteiger partial charge is 0.465 e. The van der Waals surface area contributed by atoms with Crippen LogP contribution in [0.4, 0.5) is 0 Å². The molecule has 0 aromatic heterocycles. The van der Waals surface area contributed by atoms with Crippen molar-refractivity contribution in [3.05, 3.63) is 24.3 Å². The molecule has 0 saturated carbocycles. The molecule has 0 radical (unpaired) electrons. The topological polar surface area (TPSA) is 133 Å². The zero-order valence-corrected chi connectivity index (χ0v) is 18.7. The zero-order chi connectivity index (χ0) is 23.4. The molecule has 0 rings (SSSR count). The Bertz CT molecular complexity index is 707. The van der Waals surface area contributed by atoms with Crippen molar-refractivity contribution in [3.63, 3.8) is 0 Å². The Hall–Kier alpha value is -2.20. The molecule has 0 aliphatic carbocycles. The van der Waals surface area contributed by atoms with E-state index in [0.29, 0.717) is 6.42 Å². The number of esters is 3. The minimum absolute atomic E-state index is 0.101. The number of hydrogen-bond acceptors (Lipinski definition) is 8. The normalized spacial score (nSPS) is 11.5. The van der Waals surface area contributed by atoms with E-state index in [9.17, 15) is 22.8 Å². The molecule has 0 unspecified atom stereocenters. The van der Waals surface area contributed by atoms with E-state index in [2.05, 4.69) is 13.2 Å². The second-order valence-electron chi connectivity index (χ2n) is 7.23. The Morgan fingerprint density at radius 3 is 1.80 bits per heavy atom. The van der Waals surface area contributed by atoms with Crippen molar-refractivity contribution in [3.8, 4) is 0 Å². The number of carbonyl (C=O) groups is 3. The van der Waals surface area contributed by atoms with Gasteiger partial charge >= 0.3 is 17.9 Å². The van der Waals surface area contributed by atoms with Crippen molar-refractivity contribution >= 4 is 28.0 Å². The lowest BCUT2D eigenvalue weighted by atomic mass is 9.84. The Kier molecular flexibility index (Phi) is 12.2. The molecule has 0 fully saturated rings. The fourth-order valence-corrected chi connectivity index (χ4v) is 2.85. The van der Waals surface area contributed by atoms with E-state index < -0.39 is 39.2 Å². The maximum atomic E-state index is 12.9. The van der Waals surface area contributed by atoms with Gasteiger partial charge in [0.1, 0.15) is 18.6 Å². The van der Waals surface area contributed by atoms with Crippen LogP contribution in [0.15, 0.2) is 24.3 Å². The maximum absolute atomic E-state index is 12.9. The smallest absolute Gasteiger partial charge is 0.333 e. The van der Waals surface area contributed by atoms with Crippen LogP contribution in [0.25, 0.3) is 0 Å². The van der Waals surface area contributed by atoms with Crippen molar-refractivity contribution in [2.45, 2.75) is 52.9 Å². The monoisotopic (exact) mass is 448 g/mol. The summed E-state index contributed by atoms with van der Waals surface area (Å²) in [7, 11) is -4.09. The average Bonchev–Trinajstić information content (AvgIpc) is 2.65. The molecule has 30 heavy (non-hydrogen) atoms. The molecule has 0 amide bonds. The number of unbranched alkanes of at least 4 members (excludes halogenated alkanes) is 2. The molecule has 0 atom stereocenters. The van der Waals surface area contributed by atoms with E-state index in [0.717, 1.165) is 6.42 Å². The van der Waals surface area contributed by atoms with Gasteiger partial charge in [0.25, 0.3) is 10.1 Å². The SMILES string of the molecule is C=C(C)C(=O)OCC(CCCC)(COC(=O)C(=C)C)C(=O)OCCCCS(=O)(=O)O. The number of carbonyl (C=O) groups excluding carboxylic acids is 3. The highest BCUT2D eigenvalue weighted by Crippen LogP contribution is 2.29. The molecule has 10 heteroatoms. The second kappa shape index (κ2) is 13.2. The predicted octanol–water partition coefficient (Wildman–Crippen LogP) is 2.61. The van der Waals surface area contributed by atoms with Crippen molar-refractivity contribution in [2.75, 3.05) is 25.6 Å². The first-order valence-corrected chi connectivity index (χ1v) is 11.2. The molecule has 0 spiro atoms. The van der Waals surface area contributed by atoms with Crippen LogP contribution in [0.3, 0.4) is 0 Å². The Morgan fingerprint density at radius 1 is 0.900 bits per heavy atom. The first kappa shape index (κ1) is 27.8. The number of hydrogen-bond donors (Lipinski definition) is 1. The van der Waals surface area contributed by atoms with Gasteiger partial charge in [-0.05, 0) is 33.1 Å². The first-order chi connectivity index (χ1) is 13.8. The molecular weight excluding hydrogens is 416 g/mol. The summed E-state index contributed by atoms with van der Waals surface area (Å²) >= 11 is 0. The van der Waals surface area contributed by atoms with Gasteiger partial charge in [0, 0.05) is 11.1 Å². The lowest BCUT2D eigenvalue weighted by Gasteiger charge is -2.30. The molecule has 0 aliphatic rings. The van der Waals surface area contributed by atoms with Gasteiger partial charge in [0.05, 0.1) is 12.4 Å². The molecule has 9 nitrogen and oxygen atoms in total. The van der Waals surface area contributed by atoms with Crippen LogP contribution in [-0.4, -0.2) is 56.5 Å². The van der Waals surface area contributed by atoms with Crippen molar-refractivity contribution in [1.82, 2.24) is 0 Å². The van der Waals surface area contributed by atoms with Crippen LogP contribution in [0.2, 0.25) is 0 Å². The minimum atomic E-state index is -4.09. The molecular formula is C20H32O9S. The fraction of sp³-hybridized carbons (Fsp3) is 0.650. The van der Waals surface area contributed by atoms with Crippen molar-refractivity contribution < 1.29 is 41.6 Å². The van der Waals surface area contributed by atoms with Crippen LogP contribution in [-0.2, 0) is 38.7 Å². The first-order valence-electron chi connectivity index (χ1n) is 9.62. The van der Waals surface area contributed by atoms with E-state index in [1.54, 1.807) is 0 Å². The third-order valence-electron chi connectivity index (χ3n) is 4.13. The van der Waals surface area contributed by atoms with Gasteiger partial charge in [-0.3, -0.25) is 9.35 Å². The predicted molar refractivity (Wildman–Crippen MR) is 110 cm³/mol. The molecule has 172 valence electrons. The molecule has 0 aromatic rings. The number of ether oxygens (including phenoxy) is 3. The Morgan fingerprint density at radius 2 is 1.40 bits per heavy atom. The lowest BCUT2D eigenvalue weighted by Crippen LogP contribution is -2.43. The average molecular weight is 449 g/mol. The molecule has 0 aliphatic heterocycles. The van der Waals surface area contributed by atoms with Crippen molar-refractivity contribution in [1.29, 1.82) is 0 Å². The van der Waals surface area contributed by atoms with Gasteiger partial charge < -0.3 is 14.2 Å². The molecule has 0 heterocycles. The highest BCUT2D eigenvalue weighted by Gasteiger charge is 2.43. The van der Waals surface area contributed by atoms with Gasteiger partial charge in [-0.15, -0.1) is 0 Å². The van der Waals surface area contributed by atoms with E-state index in [4.69, 9.17) is 18.8 Å². The van der Waals surface area contributed by atoms with E-state index in [-0.39, 0.29) is 50.2 Å². The standard InChI is InChI=1S/C20H32O9S/c1-6-7-10-20(13-28-17(21)15(2)3,14-29-18(22)16(4)5)19(23)27-11-8-9-12-30(24,25)26/h2,4,6-14H2,1,3,5H3,(H,24,25,26). The fourth-order valence-electron chi connectivity index (χ4n) is 2.28. The summed E-state index contributed by atoms with van der Waals surface area (Å²) in [6, 6.07) is 0. The number of rotatable bonds is 15. The van der Waals surface area contributed by atoms with Crippen LogP contribution in [0.5, 0.6) is 0 Å². The van der Waals surface area contributed by atoms with E-state index in [1.807, 2.05) is 6.92 Å². The summed E-state index contributed by atoms with van der Waals surface area (Å²) < 4.78 is 45.9. The Balaban J connectivity index is 5.34. The summed E-state index contributed by atoms with van der Waals surface area (Å²) in [5.41, 5.74) is -1.12.